The molecule has 0 spiro atoms. The number of aromatic nitrogens is 3. The number of anilines is 2. The van der Waals surface area contributed by atoms with E-state index in [-0.39, 0.29) is 37.6 Å². The SMILES string of the molecule is CCN(CC(=O)NNC(=O)Cc1nc(C)cs1)c1c(N)n(Cc2ccccc2)c(=O)[nH]c1=O. The van der Waals surface area contributed by atoms with E-state index in [1.807, 2.05) is 42.6 Å². The number of nitrogens with two attached hydrogens (primary N) is 1. The molecule has 0 fully saturated rings. The van der Waals surface area contributed by atoms with Gasteiger partial charge < -0.3 is 10.6 Å². The Kier molecular flexibility index (Phi) is 7.61. The number of aromatic amines is 1. The van der Waals surface area contributed by atoms with Gasteiger partial charge in [-0.2, -0.15) is 0 Å². The Labute approximate surface area is 193 Å². The number of aryl methyl sites for hydroxylation is 1. The third-order valence-electron chi connectivity index (χ3n) is 4.75. The summed E-state index contributed by atoms with van der Waals surface area (Å²) in [6, 6.07) is 9.17. The summed E-state index contributed by atoms with van der Waals surface area (Å²) >= 11 is 1.36. The summed E-state index contributed by atoms with van der Waals surface area (Å²) in [5.74, 6) is -1.03. The van der Waals surface area contributed by atoms with Gasteiger partial charge in [0.05, 0.1) is 19.5 Å². The van der Waals surface area contributed by atoms with Crippen molar-refractivity contribution >= 4 is 34.7 Å². The van der Waals surface area contributed by atoms with Gasteiger partial charge in [0.1, 0.15) is 16.5 Å². The molecule has 1 aromatic carbocycles. The van der Waals surface area contributed by atoms with Gasteiger partial charge in [0.15, 0.2) is 0 Å². The second kappa shape index (κ2) is 10.6. The predicted molar refractivity (Wildman–Crippen MR) is 126 cm³/mol. The van der Waals surface area contributed by atoms with Crippen molar-refractivity contribution in [3.8, 4) is 0 Å². The Morgan fingerprint density at radius 2 is 1.88 bits per heavy atom. The van der Waals surface area contributed by atoms with Crippen molar-refractivity contribution in [2.75, 3.05) is 23.7 Å². The fraction of sp³-hybridized carbons (Fsp3) is 0.286. The molecule has 3 aromatic rings. The zero-order chi connectivity index (χ0) is 24.0. The number of thiazole rings is 1. The quantitative estimate of drug-likeness (QED) is 0.341. The smallest absolute Gasteiger partial charge is 0.330 e. The number of nitrogens with one attached hydrogen (secondary N) is 3. The van der Waals surface area contributed by atoms with Gasteiger partial charge in [-0.15, -0.1) is 11.3 Å². The summed E-state index contributed by atoms with van der Waals surface area (Å²) in [4.78, 5) is 57.2. The highest BCUT2D eigenvalue weighted by Crippen LogP contribution is 2.17. The third-order valence-corrected chi connectivity index (χ3v) is 5.72. The second-order valence-corrected chi connectivity index (χ2v) is 8.18. The van der Waals surface area contributed by atoms with Crippen LogP contribution in [0.2, 0.25) is 0 Å². The van der Waals surface area contributed by atoms with Crippen LogP contribution in [0.3, 0.4) is 0 Å². The van der Waals surface area contributed by atoms with Crippen LogP contribution in [0.5, 0.6) is 0 Å². The first-order chi connectivity index (χ1) is 15.8. The summed E-state index contributed by atoms with van der Waals surface area (Å²) in [6.07, 6.45) is 0.0351. The molecule has 2 aromatic heterocycles. The minimum atomic E-state index is -0.695. The molecule has 33 heavy (non-hydrogen) atoms. The summed E-state index contributed by atoms with van der Waals surface area (Å²) < 4.78 is 1.24. The van der Waals surface area contributed by atoms with Crippen LogP contribution in [-0.4, -0.2) is 39.4 Å². The first-order valence-electron chi connectivity index (χ1n) is 10.2. The van der Waals surface area contributed by atoms with E-state index in [2.05, 4.69) is 20.8 Å². The number of benzene rings is 1. The topological polar surface area (TPSA) is 155 Å². The first-order valence-corrected chi connectivity index (χ1v) is 11.1. The van der Waals surface area contributed by atoms with E-state index in [1.54, 1.807) is 6.92 Å². The molecule has 11 nitrogen and oxygen atoms in total. The van der Waals surface area contributed by atoms with Crippen LogP contribution in [0.25, 0.3) is 0 Å². The number of carbonyl (C=O) groups is 2. The molecule has 3 rings (SSSR count). The minimum Gasteiger partial charge on any atom is -0.383 e. The maximum atomic E-state index is 12.5. The van der Waals surface area contributed by atoms with Crippen LogP contribution in [0.4, 0.5) is 11.5 Å². The van der Waals surface area contributed by atoms with Gasteiger partial charge in [0.25, 0.3) is 11.5 Å². The van der Waals surface area contributed by atoms with E-state index < -0.39 is 23.1 Å². The van der Waals surface area contributed by atoms with Crippen molar-refractivity contribution in [2.45, 2.75) is 26.8 Å². The number of H-pyrrole nitrogens is 1. The van der Waals surface area contributed by atoms with Crippen molar-refractivity contribution in [3.63, 3.8) is 0 Å². The summed E-state index contributed by atoms with van der Waals surface area (Å²) in [7, 11) is 0. The molecule has 0 unspecified atom stereocenters. The van der Waals surface area contributed by atoms with Crippen molar-refractivity contribution in [2.24, 2.45) is 0 Å². The molecule has 174 valence electrons. The van der Waals surface area contributed by atoms with E-state index >= 15 is 0 Å². The highest BCUT2D eigenvalue weighted by molar-refractivity contribution is 7.09. The van der Waals surface area contributed by atoms with Crippen molar-refractivity contribution in [1.82, 2.24) is 25.4 Å². The maximum Gasteiger partial charge on any atom is 0.330 e. The molecular formula is C21H25N7O4S. The Morgan fingerprint density at radius 3 is 2.52 bits per heavy atom. The standard InChI is InChI=1S/C21H25N7O4S/c1-3-27(11-16(30)26-25-15(29)9-17-23-13(2)12-33-17)18-19(22)28(21(32)24-20(18)31)10-14-7-5-4-6-8-14/h4-8,12H,3,9-11,22H2,1-2H3,(H,25,29)(H,26,30)(H,24,31,32). The van der Waals surface area contributed by atoms with Crippen LogP contribution in [0, 0.1) is 6.92 Å². The number of nitrogen functional groups attached to an aromatic ring is 1. The molecule has 0 aliphatic carbocycles. The van der Waals surface area contributed by atoms with E-state index in [4.69, 9.17) is 5.73 Å². The maximum absolute atomic E-state index is 12.5. The van der Waals surface area contributed by atoms with E-state index in [0.717, 1.165) is 11.3 Å². The molecule has 0 bridgehead atoms. The van der Waals surface area contributed by atoms with Crippen LogP contribution >= 0.6 is 11.3 Å². The highest BCUT2D eigenvalue weighted by atomic mass is 32.1. The predicted octanol–water partition coefficient (Wildman–Crippen LogP) is 0.148. The lowest BCUT2D eigenvalue weighted by atomic mass is 10.2. The summed E-state index contributed by atoms with van der Waals surface area (Å²) in [5, 5.41) is 2.47. The van der Waals surface area contributed by atoms with Gasteiger partial charge in [-0.05, 0) is 19.4 Å². The fourth-order valence-electron chi connectivity index (χ4n) is 3.17. The average Bonchev–Trinajstić information content (AvgIpc) is 3.19. The molecule has 0 saturated carbocycles. The molecular weight excluding hydrogens is 446 g/mol. The van der Waals surface area contributed by atoms with Crippen LogP contribution in [0.1, 0.15) is 23.2 Å². The molecule has 5 N–H and O–H groups in total. The van der Waals surface area contributed by atoms with Gasteiger partial charge in [0.2, 0.25) is 5.91 Å². The number of hydrazine groups is 1. The normalized spacial score (nSPS) is 10.6. The number of hydrogen-bond donors (Lipinski definition) is 4. The Morgan fingerprint density at radius 1 is 1.18 bits per heavy atom. The zero-order valence-electron chi connectivity index (χ0n) is 18.3. The highest BCUT2D eigenvalue weighted by Gasteiger charge is 2.20. The minimum absolute atomic E-state index is 0.00719. The van der Waals surface area contributed by atoms with Crippen LogP contribution in [-0.2, 0) is 22.6 Å². The molecule has 12 heteroatoms. The van der Waals surface area contributed by atoms with Gasteiger partial charge in [-0.3, -0.25) is 34.8 Å². The van der Waals surface area contributed by atoms with Crippen LogP contribution < -0.4 is 32.7 Å². The monoisotopic (exact) mass is 471 g/mol. The van der Waals surface area contributed by atoms with E-state index in [9.17, 15) is 19.2 Å². The Balaban J connectivity index is 1.70. The fourth-order valence-corrected chi connectivity index (χ4v) is 3.94. The number of likely N-dealkylation sites (N-methyl/N-ethyl adjacent to an activating group) is 1. The number of carbonyl (C=O) groups excluding carboxylic acids is 2. The lowest BCUT2D eigenvalue weighted by molar-refractivity contribution is -0.127. The molecule has 0 atom stereocenters. The van der Waals surface area contributed by atoms with Crippen molar-refractivity contribution in [1.29, 1.82) is 0 Å². The lowest BCUT2D eigenvalue weighted by Crippen LogP contribution is -2.48. The molecule has 2 amide bonds. The lowest BCUT2D eigenvalue weighted by Gasteiger charge is -2.24. The van der Waals surface area contributed by atoms with Crippen molar-refractivity contribution < 1.29 is 9.59 Å². The van der Waals surface area contributed by atoms with Gasteiger partial charge in [0, 0.05) is 17.6 Å². The van der Waals surface area contributed by atoms with Gasteiger partial charge in [-0.25, -0.2) is 9.78 Å². The number of nitrogens with zero attached hydrogens (tertiary/aromatic N) is 3. The average molecular weight is 472 g/mol. The largest absolute Gasteiger partial charge is 0.383 e. The molecule has 0 aliphatic heterocycles. The first kappa shape index (κ1) is 23.7. The molecule has 2 heterocycles. The third kappa shape index (κ3) is 6.07. The number of rotatable bonds is 8. The number of amides is 2. The summed E-state index contributed by atoms with van der Waals surface area (Å²) in [5.41, 5.74) is 11.2. The van der Waals surface area contributed by atoms with Crippen molar-refractivity contribution in [3.05, 3.63) is 72.8 Å². The molecule has 0 saturated heterocycles. The zero-order valence-corrected chi connectivity index (χ0v) is 19.1. The van der Waals surface area contributed by atoms with E-state index in [1.165, 1.54) is 20.8 Å². The van der Waals surface area contributed by atoms with Gasteiger partial charge >= 0.3 is 5.69 Å². The van der Waals surface area contributed by atoms with Crippen LogP contribution in [0.15, 0.2) is 45.3 Å². The number of hydrogen-bond acceptors (Lipinski definition) is 8. The molecule has 0 radical (unpaired) electrons. The Bertz CT molecular complexity index is 1250. The van der Waals surface area contributed by atoms with E-state index in [0.29, 0.717) is 5.01 Å². The van der Waals surface area contributed by atoms with Gasteiger partial charge in [-0.1, -0.05) is 30.3 Å². The molecule has 0 aliphatic rings. The summed E-state index contributed by atoms with van der Waals surface area (Å²) in [6.45, 7) is 3.73. The second-order valence-electron chi connectivity index (χ2n) is 7.23. The Hall–Kier alpha value is -3.93.